The number of hydrogen-bond acceptors (Lipinski definition) is 5. The summed E-state index contributed by atoms with van der Waals surface area (Å²) in [6.45, 7) is 4.67. The van der Waals surface area contributed by atoms with E-state index in [4.69, 9.17) is 4.42 Å². The molecule has 2 aromatic rings. The molecule has 0 saturated carbocycles. The Labute approximate surface area is 139 Å². The maximum atomic E-state index is 12.6. The second-order valence-electron chi connectivity index (χ2n) is 5.91. The average Bonchev–Trinajstić information content (AvgIpc) is 3.20. The first-order valence-electron chi connectivity index (χ1n) is 8.33. The van der Waals surface area contributed by atoms with Crippen LogP contribution in [0.4, 0.5) is 0 Å². The highest BCUT2D eigenvalue weighted by molar-refractivity contribution is 5.91. The van der Waals surface area contributed by atoms with Crippen molar-refractivity contribution in [1.82, 2.24) is 25.0 Å². The first kappa shape index (κ1) is 16.5. The van der Waals surface area contributed by atoms with Crippen molar-refractivity contribution in [3.8, 4) is 0 Å². The summed E-state index contributed by atoms with van der Waals surface area (Å²) in [5.74, 6) is 1.63. The summed E-state index contributed by atoms with van der Waals surface area (Å²) in [6.07, 6.45) is 1.97. The summed E-state index contributed by atoms with van der Waals surface area (Å²) < 4.78 is 8.65. The number of hydrogen-bond donors (Lipinski definition) is 2. The van der Waals surface area contributed by atoms with E-state index in [2.05, 4.69) is 15.7 Å². The Balaban J connectivity index is 1.85. The number of nitrogens with zero attached hydrogens (tertiary/aromatic N) is 3. The Hall–Kier alpha value is -2.35. The maximum Gasteiger partial charge on any atom is 0.346 e. The number of piperidine rings is 1. The van der Waals surface area contributed by atoms with Gasteiger partial charge in [-0.25, -0.2) is 9.48 Å². The van der Waals surface area contributed by atoms with Crippen LogP contribution in [0.3, 0.4) is 0 Å². The molecule has 1 saturated heterocycles. The van der Waals surface area contributed by atoms with Crippen molar-refractivity contribution < 1.29 is 9.21 Å². The van der Waals surface area contributed by atoms with Crippen LogP contribution in [0.1, 0.15) is 47.8 Å². The lowest BCUT2D eigenvalue weighted by molar-refractivity contribution is 0.0933. The maximum absolute atomic E-state index is 12.6. The van der Waals surface area contributed by atoms with Gasteiger partial charge < -0.3 is 15.1 Å². The van der Waals surface area contributed by atoms with Crippen molar-refractivity contribution in [2.24, 2.45) is 0 Å². The second kappa shape index (κ2) is 7.04. The SMILES string of the molecule is CCn1c(C2CCNCC2)nn(Cc2ccc(C(=O)NC)o2)c1=O. The van der Waals surface area contributed by atoms with E-state index >= 15 is 0 Å². The van der Waals surface area contributed by atoms with Crippen molar-refractivity contribution in [3.05, 3.63) is 40.0 Å². The first-order chi connectivity index (χ1) is 11.6. The molecule has 0 aliphatic carbocycles. The van der Waals surface area contributed by atoms with Gasteiger partial charge in [0.2, 0.25) is 0 Å². The topological polar surface area (TPSA) is 94.1 Å². The van der Waals surface area contributed by atoms with Crippen LogP contribution in [0.2, 0.25) is 0 Å². The Morgan fingerprint density at radius 1 is 1.42 bits per heavy atom. The smallest absolute Gasteiger partial charge is 0.346 e. The van der Waals surface area contributed by atoms with Gasteiger partial charge in [-0.05, 0) is 45.0 Å². The van der Waals surface area contributed by atoms with E-state index in [1.54, 1.807) is 23.7 Å². The van der Waals surface area contributed by atoms with E-state index in [9.17, 15) is 9.59 Å². The molecule has 24 heavy (non-hydrogen) atoms. The lowest BCUT2D eigenvalue weighted by Gasteiger charge is -2.21. The molecule has 0 atom stereocenters. The van der Waals surface area contributed by atoms with Gasteiger partial charge in [-0.1, -0.05) is 0 Å². The van der Waals surface area contributed by atoms with Crippen molar-refractivity contribution in [1.29, 1.82) is 0 Å². The number of aromatic nitrogens is 3. The normalized spacial score (nSPS) is 15.6. The zero-order chi connectivity index (χ0) is 17.1. The van der Waals surface area contributed by atoms with Gasteiger partial charge in [-0.2, -0.15) is 5.10 Å². The lowest BCUT2D eigenvalue weighted by Crippen LogP contribution is -2.29. The minimum Gasteiger partial charge on any atom is -0.454 e. The molecule has 0 radical (unpaired) electrons. The van der Waals surface area contributed by atoms with Crippen molar-refractivity contribution in [2.75, 3.05) is 20.1 Å². The molecule has 1 aliphatic rings. The minimum absolute atomic E-state index is 0.135. The average molecular weight is 333 g/mol. The lowest BCUT2D eigenvalue weighted by atomic mass is 9.97. The number of carbonyl (C=O) groups is 1. The summed E-state index contributed by atoms with van der Waals surface area (Å²) in [7, 11) is 1.54. The molecule has 0 bridgehead atoms. The molecule has 1 aliphatic heterocycles. The molecular weight excluding hydrogens is 310 g/mol. The van der Waals surface area contributed by atoms with Gasteiger partial charge in [0.15, 0.2) is 5.76 Å². The van der Waals surface area contributed by atoms with Crippen molar-refractivity contribution in [3.63, 3.8) is 0 Å². The third-order valence-corrected chi connectivity index (χ3v) is 4.39. The molecule has 8 heteroatoms. The van der Waals surface area contributed by atoms with Gasteiger partial charge >= 0.3 is 5.69 Å². The zero-order valence-corrected chi connectivity index (χ0v) is 14.0. The van der Waals surface area contributed by atoms with E-state index in [1.807, 2.05) is 6.92 Å². The van der Waals surface area contributed by atoms with Crippen LogP contribution >= 0.6 is 0 Å². The van der Waals surface area contributed by atoms with Gasteiger partial charge in [0, 0.05) is 19.5 Å². The third-order valence-electron chi connectivity index (χ3n) is 4.39. The van der Waals surface area contributed by atoms with Crippen LogP contribution < -0.4 is 16.3 Å². The fourth-order valence-electron chi connectivity index (χ4n) is 3.10. The summed E-state index contributed by atoms with van der Waals surface area (Å²) in [5, 5.41) is 10.4. The number of rotatable bonds is 5. The fraction of sp³-hybridized carbons (Fsp3) is 0.562. The highest BCUT2D eigenvalue weighted by atomic mass is 16.4. The Morgan fingerprint density at radius 2 is 2.17 bits per heavy atom. The fourth-order valence-corrected chi connectivity index (χ4v) is 3.10. The van der Waals surface area contributed by atoms with Crippen LogP contribution in [0.15, 0.2) is 21.3 Å². The molecule has 2 N–H and O–H groups in total. The molecule has 0 aromatic carbocycles. The Kier molecular flexibility index (Phi) is 4.84. The number of carbonyl (C=O) groups excluding carboxylic acids is 1. The molecule has 1 amide bonds. The van der Waals surface area contributed by atoms with Gasteiger partial charge in [-0.3, -0.25) is 9.36 Å². The molecular formula is C16H23N5O3. The molecule has 130 valence electrons. The van der Waals surface area contributed by atoms with Gasteiger partial charge in [0.1, 0.15) is 18.1 Å². The van der Waals surface area contributed by atoms with E-state index in [-0.39, 0.29) is 23.9 Å². The van der Waals surface area contributed by atoms with Crippen LogP contribution in [-0.4, -0.2) is 40.4 Å². The van der Waals surface area contributed by atoms with Gasteiger partial charge in [-0.15, -0.1) is 0 Å². The monoisotopic (exact) mass is 333 g/mol. The molecule has 3 heterocycles. The van der Waals surface area contributed by atoms with Crippen LogP contribution in [0.5, 0.6) is 0 Å². The summed E-state index contributed by atoms with van der Waals surface area (Å²) in [5.41, 5.74) is -0.135. The highest BCUT2D eigenvalue weighted by Gasteiger charge is 2.23. The van der Waals surface area contributed by atoms with Gasteiger partial charge in [0.25, 0.3) is 5.91 Å². The summed E-state index contributed by atoms with van der Waals surface area (Å²) in [4.78, 5) is 24.1. The molecule has 2 aromatic heterocycles. The first-order valence-corrected chi connectivity index (χ1v) is 8.33. The molecule has 8 nitrogen and oxygen atoms in total. The molecule has 0 unspecified atom stereocenters. The predicted molar refractivity (Wildman–Crippen MR) is 88.2 cm³/mol. The number of nitrogens with one attached hydrogen (secondary N) is 2. The summed E-state index contributed by atoms with van der Waals surface area (Å²) in [6, 6.07) is 3.30. The van der Waals surface area contributed by atoms with E-state index in [0.717, 1.165) is 31.8 Å². The van der Waals surface area contributed by atoms with E-state index < -0.39 is 0 Å². The number of amides is 1. The van der Waals surface area contributed by atoms with Crippen LogP contribution in [0.25, 0.3) is 0 Å². The largest absolute Gasteiger partial charge is 0.454 e. The molecule has 0 spiro atoms. The van der Waals surface area contributed by atoms with Crippen LogP contribution in [0, 0.1) is 0 Å². The quantitative estimate of drug-likeness (QED) is 0.832. The highest BCUT2D eigenvalue weighted by Crippen LogP contribution is 2.22. The minimum atomic E-state index is -0.289. The number of furan rings is 1. The van der Waals surface area contributed by atoms with E-state index in [1.165, 1.54) is 4.68 Å². The molecule has 3 rings (SSSR count). The van der Waals surface area contributed by atoms with Crippen LogP contribution in [-0.2, 0) is 13.1 Å². The third kappa shape index (κ3) is 3.14. The molecule has 1 fully saturated rings. The standard InChI is InChI=1S/C16H23N5O3/c1-3-20-14(11-6-8-18-9-7-11)19-21(16(20)23)10-12-4-5-13(24-12)15(22)17-2/h4-5,11,18H,3,6-10H2,1-2H3,(H,17,22). The second-order valence-corrected chi connectivity index (χ2v) is 5.91. The van der Waals surface area contributed by atoms with Gasteiger partial charge in [0.05, 0.1) is 0 Å². The van der Waals surface area contributed by atoms with Crippen molar-refractivity contribution >= 4 is 5.91 Å². The Bertz CT molecular complexity index is 767. The predicted octanol–water partition coefficient (Wildman–Crippen LogP) is 0.533. The zero-order valence-electron chi connectivity index (χ0n) is 14.0. The van der Waals surface area contributed by atoms with Crippen molar-refractivity contribution in [2.45, 2.75) is 38.8 Å². The summed E-state index contributed by atoms with van der Waals surface area (Å²) >= 11 is 0. The Morgan fingerprint density at radius 3 is 2.83 bits per heavy atom. The van der Waals surface area contributed by atoms with E-state index in [0.29, 0.717) is 18.2 Å².